The molecule has 1 aromatic heterocycles. The van der Waals surface area contributed by atoms with Gasteiger partial charge in [-0.15, -0.1) is 0 Å². The van der Waals surface area contributed by atoms with Crippen LogP contribution in [0, 0.1) is 0 Å². The summed E-state index contributed by atoms with van der Waals surface area (Å²) >= 11 is 1.87. The number of benzene rings is 1. The minimum absolute atomic E-state index is 0.332. The van der Waals surface area contributed by atoms with Crippen LogP contribution in [0.4, 0.5) is 11.8 Å². The number of para-hydroxylation sites is 1. The summed E-state index contributed by atoms with van der Waals surface area (Å²) < 4.78 is 5.54. The lowest BCUT2D eigenvalue weighted by Crippen LogP contribution is -2.23. The molecule has 0 aliphatic rings. The van der Waals surface area contributed by atoms with E-state index in [0.29, 0.717) is 12.0 Å². The maximum atomic E-state index is 6.01. The maximum Gasteiger partial charge on any atom is 0.222 e. The molecule has 1 aromatic carbocycles. The Hall–Kier alpha value is -1.95. The van der Waals surface area contributed by atoms with E-state index in [-0.39, 0.29) is 0 Å². The van der Waals surface area contributed by atoms with Gasteiger partial charge in [-0.3, -0.25) is 0 Å². The Labute approximate surface area is 167 Å². The summed E-state index contributed by atoms with van der Waals surface area (Å²) in [6.07, 6.45) is 7.03. The van der Waals surface area contributed by atoms with Gasteiger partial charge in [0, 0.05) is 18.0 Å². The number of thioether (sulfide) groups is 1. The van der Waals surface area contributed by atoms with Crippen molar-refractivity contribution in [2.24, 2.45) is 0 Å². The van der Waals surface area contributed by atoms with Gasteiger partial charge in [-0.2, -0.15) is 16.7 Å². The topological polar surface area (TPSA) is 73.1 Å². The van der Waals surface area contributed by atoms with Gasteiger partial charge in [0.2, 0.25) is 5.95 Å². The van der Waals surface area contributed by atoms with E-state index < -0.39 is 0 Å². The number of nitrogens with two attached hydrogens (primary N) is 1. The zero-order valence-corrected chi connectivity index (χ0v) is 17.7. The normalized spacial score (nSPS) is 12.0. The number of nitrogens with zero attached hydrogens (tertiary/aromatic N) is 2. The third kappa shape index (κ3) is 6.03. The van der Waals surface area contributed by atoms with Crippen LogP contribution in [0.1, 0.15) is 49.9 Å². The Bertz CT molecular complexity index is 723. The fourth-order valence-electron chi connectivity index (χ4n) is 3.28. The highest BCUT2D eigenvalue weighted by Crippen LogP contribution is 2.28. The highest BCUT2D eigenvalue weighted by Gasteiger charge is 2.18. The van der Waals surface area contributed by atoms with Gasteiger partial charge in [-0.1, -0.05) is 38.5 Å². The lowest BCUT2D eigenvalue weighted by molar-refractivity contribution is 0.410. The average Bonchev–Trinajstić information content (AvgIpc) is 2.68. The summed E-state index contributed by atoms with van der Waals surface area (Å²) in [5, 5.41) is 3.67. The molecule has 1 atom stereocenters. The van der Waals surface area contributed by atoms with Crippen molar-refractivity contribution in [3.05, 3.63) is 41.1 Å². The zero-order valence-electron chi connectivity index (χ0n) is 16.9. The first-order valence-electron chi connectivity index (χ1n) is 9.65. The molecule has 27 heavy (non-hydrogen) atoms. The standard InChI is InChI=1S/C21H32N4OS/c1-5-9-16(12-13-27-4)23-20-17(18(6-2)24-21(22)25-20)14-15-10-7-8-11-19(15)26-3/h7-8,10-11,16H,5-6,9,12-14H2,1-4H3,(H3,22,23,24,25)/t16-/m0/s1. The van der Waals surface area contributed by atoms with E-state index >= 15 is 0 Å². The highest BCUT2D eigenvalue weighted by atomic mass is 32.2. The minimum atomic E-state index is 0.332. The Morgan fingerprint density at radius 1 is 1.19 bits per heavy atom. The Morgan fingerprint density at radius 2 is 1.96 bits per heavy atom. The van der Waals surface area contributed by atoms with Crippen LogP contribution in [-0.4, -0.2) is 35.1 Å². The first kappa shape index (κ1) is 21.4. The minimum Gasteiger partial charge on any atom is -0.496 e. The molecule has 148 valence electrons. The molecule has 0 spiro atoms. The lowest BCUT2D eigenvalue weighted by atomic mass is 10.0. The molecule has 3 N–H and O–H groups in total. The summed E-state index contributed by atoms with van der Waals surface area (Å²) in [5.41, 5.74) is 9.25. The van der Waals surface area contributed by atoms with Gasteiger partial charge in [0.15, 0.2) is 0 Å². The fourth-order valence-corrected chi connectivity index (χ4v) is 3.80. The van der Waals surface area contributed by atoms with Gasteiger partial charge >= 0.3 is 0 Å². The third-order valence-electron chi connectivity index (χ3n) is 4.65. The molecule has 6 heteroatoms. The average molecular weight is 389 g/mol. The largest absolute Gasteiger partial charge is 0.496 e. The molecular weight excluding hydrogens is 356 g/mol. The van der Waals surface area contributed by atoms with E-state index in [1.165, 1.54) is 0 Å². The molecule has 0 fully saturated rings. The van der Waals surface area contributed by atoms with Crippen molar-refractivity contribution in [2.75, 3.05) is 30.2 Å². The summed E-state index contributed by atoms with van der Waals surface area (Å²) in [7, 11) is 1.71. The van der Waals surface area contributed by atoms with Gasteiger partial charge in [-0.05, 0) is 42.9 Å². The first-order valence-corrected chi connectivity index (χ1v) is 11.0. The van der Waals surface area contributed by atoms with Crippen molar-refractivity contribution in [1.82, 2.24) is 9.97 Å². The lowest BCUT2D eigenvalue weighted by Gasteiger charge is -2.22. The Morgan fingerprint density at radius 3 is 2.63 bits per heavy atom. The van der Waals surface area contributed by atoms with Crippen LogP contribution in [0.5, 0.6) is 5.75 Å². The highest BCUT2D eigenvalue weighted by molar-refractivity contribution is 7.98. The number of ether oxygens (including phenoxy) is 1. The van der Waals surface area contributed by atoms with Crippen LogP contribution in [0.15, 0.2) is 24.3 Å². The van der Waals surface area contributed by atoms with Crippen LogP contribution in [0.3, 0.4) is 0 Å². The van der Waals surface area contributed by atoms with Crippen molar-refractivity contribution in [1.29, 1.82) is 0 Å². The summed E-state index contributed by atoms with van der Waals surface area (Å²) in [6, 6.07) is 8.49. The third-order valence-corrected chi connectivity index (χ3v) is 5.30. The number of nitrogen functional groups attached to an aromatic ring is 1. The SMILES string of the molecule is CCC[C@@H](CCSC)Nc1nc(N)nc(CC)c1Cc1ccccc1OC. The second-order valence-corrected chi connectivity index (χ2v) is 7.59. The maximum absolute atomic E-state index is 6.01. The zero-order chi connectivity index (χ0) is 19.6. The number of hydrogen-bond donors (Lipinski definition) is 2. The van der Waals surface area contributed by atoms with E-state index in [1.807, 2.05) is 30.0 Å². The molecule has 2 aromatic rings. The van der Waals surface area contributed by atoms with Gasteiger partial charge in [-0.25, -0.2) is 4.98 Å². The molecule has 1 heterocycles. The quantitative estimate of drug-likeness (QED) is 0.588. The molecule has 5 nitrogen and oxygen atoms in total. The van der Waals surface area contributed by atoms with Gasteiger partial charge in [0.05, 0.1) is 12.8 Å². The van der Waals surface area contributed by atoms with Crippen LogP contribution in [0.25, 0.3) is 0 Å². The van der Waals surface area contributed by atoms with Crippen LogP contribution in [-0.2, 0) is 12.8 Å². The number of aromatic nitrogens is 2. The second-order valence-electron chi connectivity index (χ2n) is 6.61. The van der Waals surface area contributed by atoms with Crippen molar-refractivity contribution in [3.63, 3.8) is 0 Å². The van der Waals surface area contributed by atoms with E-state index in [2.05, 4.69) is 41.5 Å². The smallest absolute Gasteiger partial charge is 0.222 e. The number of rotatable bonds is 11. The number of aryl methyl sites for hydroxylation is 1. The van der Waals surface area contributed by atoms with Crippen molar-refractivity contribution >= 4 is 23.5 Å². The summed E-state index contributed by atoms with van der Waals surface area (Å²) in [5.74, 6) is 3.21. The second kappa shape index (κ2) is 11.0. The van der Waals surface area contributed by atoms with Crippen LogP contribution in [0.2, 0.25) is 0 Å². The van der Waals surface area contributed by atoms with Gasteiger partial charge in [0.1, 0.15) is 11.6 Å². The van der Waals surface area contributed by atoms with Crippen LogP contribution < -0.4 is 15.8 Å². The van der Waals surface area contributed by atoms with Gasteiger partial charge in [0.25, 0.3) is 0 Å². The summed E-state index contributed by atoms with van der Waals surface area (Å²) in [6.45, 7) is 4.32. The number of methoxy groups -OCH3 is 1. The van der Waals surface area contributed by atoms with E-state index in [4.69, 9.17) is 10.5 Å². The van der Waals surface area contributed by atoms with E-state index in [1.54, 1.807) is 7.11 Å². The van der Waals surface area contributed by atoms with Crippen molar-refractivity contribution in [3.8, 4) is 5.75 Å². The van der Waals surface area contributed by atoms with Crippen molar-refractivity contribution < 1.29 is 4.74 Å². The van der Waals surface area contributed by atoms with E-state index in [9.17, 15) is 0 Å². The van der Waals surface area contributed by atoms with E-state index in [0.717, 1.165) is 66.2 Å². The van der Waals surface area contributed by atoms with Crippen molar-refractivity contribution in [2.45, 2.75) is 52.0 Å². The van der Waals surface area contributed by atoms with Crippen LogP contribution >= 0.6 is 11.8 Å². The Kier molecular flexibility index (Phi) is 8.72. The monoisotopic (exact) mass is 388 g/mol. The fraction of sp³-hybridized carbons (Fsp3) is 0.524. The first-order chi connectivity index (χ1) is 13.1. The molecule has 2 rings (SSSR count). The molecule has 0 amide bonds. The predicted molar refractivity (Wildman–Crippen MR) is 117 cm³/mol. The molecule has 0 radical (unpaired) electrons. The molecule has 0 saturated carbocycles. The molecule has 0 saturated heterocycles. The number of anilines is 2. The molecule has 0 bridgehead atoms. The Balaban J connectivity index is 2.39. The molecular formula is C21H32N4OS. The summed E-state index contributed by atoms with van der Waals surface area (Å²) in [4.78, 5) is 9.07. The predicted octanol–water partition coefficient (Wildman–Crippen LogP) is 4.55. The number of hydrogen-bond acceptors (Lipinski definition) is 6. The molecule has 0 aliphatic carbocycles. The molecule has 0 aliphatic heterocycles. The molecule has 0 unspecified atom stereocenters. The number of nitrogens with one attached hydrogen (secondary N) is 1. The van der Waals surface area contributed by atoms with Gasteiger partial charge < -0.3 is 15.8 Å².